The van der Waals surface area contributed by atoms with Crippen molar-refractivity contribution in [3.63, 3.8) is 0 Å². The number of benzene rings is 1. The zero-order chi connectivity index (χ0) is 13.8. The molecule has 1 saturated heterocycles. The van der Waals surface area contributed by atoms with Crippen molar-refractivity contribution in [1.82, 2.24) is 15.2 Å². The van der Waals surface area contributed by atoms with E-state index in [1.165, 1.54) is 5.01 Å². The van der Waals surface area contributed by atoms with Gasteiger partial charge < -0.3 is 10.1 Å². The van der Waals surface area contributed by atoms with E-state index in [1.807, 2.05) is 12.1 Å². The minimum absolute atomic E-state index is 0.880. The van der Waals surface area contributed by atoms with Gasteiger partial charge in [0.1, 0.15) is 10.8 Å². The van der Waals surface area contributed by atoms with Crippen molar-refractivity contribution in [2.45, 2.75) is 6.54 Å². The van der Waals surface area contributed by atoms with Gasteiger partial charge in [0, 0.05) is 37.1 Å². The molecule has 20 heavy (non-hydrogen) atoms. The predicted molar refractivity (Wildman–Crippen MR) is 82.2 cm³/mol. The van der Waals surface area contributed by atoms with Crippen molar-refractivity contribution in [2.75, 3.05) is 33.3 Å². The zero-order valence-electron chi connectivity index (χ0n) is 11.6. The lowest BCUT2D eigenvalue weighted by Crippen LogP contribution is -2.42. The Bertz CT molecular complexity index is 547. The highest BCUT2D eigenvalue weighted by Gasteiger charge is 2.12. The number of piperazine rings is 1. The summed E-state index contributed by atoms with van der Waals surface area (Å²) in [6.07, 6.45) is 0. The first-order valence-electron chi connectivity index (χ1n) is 6.87. The van der Waals surface area contributed by atoms with Gasteiger partial charge in [-0.2, -0.15) is 0 Å². The van der Waals surface area contributed by atoms with Crippen LogP contribution >= 0.6 is 11.3 Å². The summed E-state index contributed by atoms with van der Waals surface area (Å²) in [5, 5.41) is 6.70. The number of ether oxygens (including phenoxy) is 1. The number of hydrogen-bond acceptors (Lipinski definition) is 5. The Morgan fingerprint density at radius 2 is 2.00 bits per heavy atom. The maximum atomic E-state index is 5.18. The first-order chi connectivity index (χ1) is 9.85. The molecular formula is C15H19N3OS. The number of nitrogens with one attached hydrogen (secondary N) is 1. The van der Waals surface area contributed by atoms with Crippen LogP contribution in [0.2, 0.25) is 0 Å². The minimum atomic E-state index is 0.880. The van der Waals surface area contributed by atoms with Gasteiger partial charge in [0.15, 0.2) is 0 Å². The molecular weight excluding hydrogens is 270 g/mol. The van der Waals surface area contributed by atoms with Gasteiger partial charge >= 0.3 is 0 Å². The Morgan fingerprint density at radius 3 is 2.70 bits per heavy atom. The van der Waals surface area contributed by atoms with E-state index in [1.54, 1.807) is 18.4 Å². The van der Waals surface area contributed by atoms with Gasteiger partial charge in [0.2, 0.25) is 0 Å². The Hall–Kier alpha value is -1.43. The largest absolute Gasteiger partial charge is 0.497 e. The summed E-state index contributed by atoms with van der Waals surface area (Å²) in [5.74, 6) is 0.880. The molecule has 1 aliphatic heterocycles. The average Bonchev–Trinajstić information content (AvgIpc) is 2.97. The molecule has 2 aromatic rings. The van der Waals surface area contributed by atoms with Crippen molar-refractivity contribution in [3.8, 4) is 17.0 Å². The quantitative estimate of drug-likeness (QED) is 0.936. The number of rotatable bonds is 4. The second-order valence-corrected chi connectivity index (χ2v) is 5.82. The summed E-state index contributed by atoms with van der Waals surface area (Å²) in [6.45, 7) is 5.34. The fraction of sp³-hybridized carbons (Fsp3) is 0.400. The third kappa shape index (κ3) is 3.17. The normalized spacial score (nSPS) is 16.2. The number of aromatic nitrogens is 1. The summed E-state index contributed by atoms with van der Waals surface area (Å²) >= 11 is 1.74. The molecule has 0 aliphatic carbocycles. The van der Waals surface area contributed by atoms with E-state index in [9.17, 15) is 0 Å². The minimum Gasteiger partial charge on any atom is -0.497 e. The second kappa shape index (κ2) is 6.35. The third-order valence-electron chi connectivity index (χ3n) is 3.51. The molecule has 1 aromatic carbocycles. The topological polar surface area (TPSA) is 37.4 Å². The Labute approximate surface area is 123 Å². The molecule has 1 fully saturated rings. The molecule has 106 valence electrons. The third-order valence-corrected chi connectivity index (χ3v) is 4.34. The lowest BCUT2D eigenvalue weighted by atomic mass is 10.2. The van der Waals surface area contributed by atoms with Crippen molar-refractivity contribution in [1.29, 1.82) is 0 Å². The van der Waals surface area contributed by atoms with Crippen LogP contribution in [0.1, 0.15) is 5.01 Å². The van der Waals surface area contributed by atoms with E-state index < -0.39 is 0 Å². The molecule has 0 atom stereocenters. The summed E-state index contributed by atoms with van der Waals surface area (Å²) in [7, 11) is 1.68. The van der Waals surface area contributed by atoms with Gasteiger partial charge in [0.05, 0.1) is 19.3 Å². The zero-order valence-corrected chi connectivity index (χ0v) is 12.4. The highest BCUT2D eigenvalue weighted by Crippen LogP contribution is 2.24. The molecule has 1 aliphatic rings. The van der Waals surface area contributed by atoms with Gasteiger partial charge in [0.25, 0.3) is 0 Å². The van der Waals surface area contributed by atoms with Crippen LogP contribution in [0.3, 0.4) is 0 Å². The predicted octanol–water partition coefficient (Wildman–Crippen LogP) is 2.22. The first kappa shape index (κ1) is 13.5. The Balaban J connectivity index is 1.68. The lowest BCUT2D eigenvalue weighted by molar-refractivity contribution is 0.233. The van der Waals surface area contributed by atoms with Crippen molar-refractivity contribution in [2.24, 2.45) is 0 Å². The number of hydrogen-bond donors (Lipinski definition) is 1. The van der Waals surface area contributed by atoms with E-state index in [2.05, 4.69) is 27.7 Å². The average molecular weight is 289 g/mol. The molecule has 3 rings (SSSR count). The smallest absolute Gasteiger partial charge is 0.118 e. The van der Waals surface area contributed by atoms with Gasteiger partial charge in [-0.25, -0.2) is 4.98 Å². The second-order valence-electron chi connectivity index (χ2n) is 4.88. The van der Waals surface area contributed by atoms with Gasteiger partial charge in [-0.1, -0.05) is 0 Å². The molecule has 0 saturated carbocycles. The van der Waals surface area contributed by atoms with Crippen LogP contribution in [-0.2, 0) is 6.54 Å². The van der Waals surface area contributed by atoms with Crippen molar-refractivity contribution in [3.05, 3.63) is 34.7 Å². The van der Waals surface area contributed by atoms with Crippen LogP contribution in [0.25, 0.3) is 11.3 Å². The molecule has 0 spiro atoms. The van der Waals surface area contributed by atoms with Gasteiger partial charge in [-0.15, -0.1) is 11.3 Å². The fourth-order valence-electron chi connectivity index (χ4n) is 2.34. The summed E-state index contributed by atoms with van der Waals surface area (Å²) in [6, 6.07) is 8.07. The van der Waals surface area contributed by atoms with Crippen LogP contribution in [-0.4, -0.2) is 43.2 Å². The number of nitrogens with zero attached hydrogens (tertiary/aromatic N) is 2. The molecule has 4 nitrogen and oxygen atoms in total. The molecule has 0 radical (unpaired) electrons. The standard InChI is InChI=1S/C15H19N3OS/c1-19-13-4-2-12(3-5-13)14-11-20-15(17-14)10-18-8-6-16-7-9-18/h2-5,11,16H,6-10H2,1H3. The number of methoxy groups -OCH3 is 1. The first-order valence-corrected chi connectivity index (χ1v) is 7.75. The van der Waals surface area contributed by atoms with E-state index in [-0.39, 0.29) is 0 Å². The highest BCUT2D eigenvalue weighted by atomic mass is 32.1. The number of thiazole rings is 1. The monoisotopic (exact) mass is 289 g/mol. The highest BCUT2D eigenvalue weighted by molar-refractivity contribution is 7.09. The Kier molecular flexibility index (Phi) is 4.30. The molecule has 0 amide bonds. The van der Waals surface area contributed by atoms with Crippen molar-refractivity contribution >= 4 is 11.3 Å². The van der Waals surface area contributed by atoms with Gasteiger partial charge in [-0.3, -0.25) is 4.90 Å². The van der Waals surface area contributed by atoms with Crippen LogP contribution < -0.4 is 10.1 Å². The van der Waals surface area contributed by atoms with E-state index >= 15 is 0 Å². The van der Waals surface area contributed by atoms with E-state index in [0.717, 1.165) is 49.7 Å². The SMILES string of the molecule is COc1ccc(-c2csc(CN3CCNCC3)n2)cc1. The molecule has 0 bridgehead atoms. The maximum absolute atomic E-state index is 5.18. The van der Waals surface area contributed by atoms with Crippen molar-refractivity contribution < 1.29 is 4.74 Å². The van der Waals surface area contributed by atoms with Crippen LogP contribution in [0.15, 0.2) is 29.6 Å². The molecule has 2 heterocycles. The van der Waals surface area contributed by atoms with E-state index in [0.29, 0.717) is 0 Å². The van der Waals surface area contributed by atoms with Gasteiger partial charge in [-0.05, 0) is 24.3 Å². The summed E-state index contributed by atoms with van der Waals surface area (Å²) < 4.78 is 5.18. The van der Waals surface area contributed by atoms with Crippen LogP contribution in [0.4, 0.5) is 0 Å². The van der Waals surface area contributed by atoms with Crippen LogP contribution in [0.5, 0.6) is 5.75 Å². The molecule has 0 unspecified atom stereocenters. The Morgan fingerprint density at radius 1 is 1.25 bits per heavy atom. The fourth-order valence-corrected chi connectivity index (χ4v) is 3.18. The summed E-state index contributed by atoms with van der Waals surface area (Å²) in [4.78, 5) is 7.20. The lowest BCUT2D eigenvalue weighted by Gasteiger charge is -2.26. The van der Waals surface area contributed by atoms with E-state index in [4.69, 9.17) is 9.72 Å². The van der Waals surface area contributed by atoms with Crippen LogP contribution in [0, 0.1) is 0 Å². The summed E-state index contributed by atoms with van der Waals surface area (Å²) in [5.41, 5.74) is 2.20. The molecule has 5 heteroatoms. The molecule has 1 aromatic heterocycles. The molecule has 1 N–H and O–H groups in total. The maximum Gasteiger partial charge on any atom is 0.118 e.